The van der Waals surface area contributed by atoms with Gasteiger partial charge in [0.2, 0.25) is 0 Å². The van der Waals surface area contributed by atoms with E-state index in [1.807, 2.05) is 25.1 Å². The van der Waals surface area contributed by atoms with Crippen molar-refractivity contribution in [1.29, 1.82) is 0 Å². The number of aromatic carboxylic acids is 1. The van der Waals surface area contributed by atoms with Gasteiger partial charge in [-0.15, -0.1) is 0 Å². The van der Waals surface area contributed by atoms with Crippen molar-refractivity contribution < 1.29 is 9.90 Å². The summed E-state index contributed by atoms with van der Waals surface area (Å²) in [5.74, 6) is -1.04. The quantitative estimate of drug-likeness (QED) is 0.754. The molecule has 0 aliphatic heterocycles. The zero-order valence-electron chi connectivity index (χ0n) is 10.1. The van der Waals surface area contributed by atoms with Gasteiger partial charge in [0, 0.05) is 23.7 Å². The van der Waals surface area contributed by atoms with Gasteiger partial charge in [0.15, 0.2) is 5.65 Å². The van der Waals surface area contributed by atoms with Crippen LogP contribution in [-0.2, 0) is 0 Å². The number of nitrogens with zero attached hydrogens (tertiary/aromatic N) is 4. The van der Waals surface area contributed by atoms with Crippen molar-refractivity contribution in [3.63, 3.8) is 0 Å². The van der Waals surface area contributed by atoms with Crippen molar-refractivity contribution in [2.24, 2.45) is 0 Å². The highest BCUT2D eigenvalue weighted by Crippen LogP contribution is 2.20. The summed E-state index contributed by atoms with van der Waals surface area (Å²) in [6.07, 6.45) is 4.68. The highest BCUT2D eigenvalue weighted by atomic mass is 16.4. The lowest BCUT2D eigenvalue weighted by molar-refractivity contribution is 0.0699. The summed E-state index contributed by atoms with van der Waals surface area (Å²) < 4.78 is 1.52. The number of carbonyl (C=O) groups is 1. The van der Waals surface area contributed by atoms with E-state index in [1.54, 1.807) is 12.4 Å². The Labute approximate surface area is 108 Å². The molecule has 19 heavy (non-hydrogen) atoms. The maximum absolute atomic E-state index is 11.1. The molecule has 0 aliphatic carbocycles. The fourth-order valence-corrected chi connectivity index (χ4v) is 1.93. The van der Waals surface area contributed by atoms with Gasteiger partial charge in [-0.25, -0.2) is 14.3 Å². The van der Waals surface area contributed by atoms with Crippen molar-refractivity contribution in [3.05, 3.63) is 48.0 Å². The molecule has 0 amide bonds. The molecule has 0 aliphatic rings. The van der Waals surface area contributed by atoms with Crippen molar-refractivity contribution in [2.45, 2.75) is 6.92 Å². The summed E-state index contributed by atoms with van der Waals surface area (Å²) in [7, 11) is 0. The number of rotatable bonds is 2. The summed E-state index contributed by atoms with van der Waals surface area (Å²) in [5.41, 5.74) is 2.77. The van der Waals surface area contributed by atoms with E-state index in [2.05, 4.69) is 15.1 Å². The van der Waals surface area contributed by atoms with E-state index in [1.165, 1.54) is 10.7 Å². The van der Waals surface area contributed by atoms with Crippen LogP contribution in [0.5, 0.6) is 0 Å². The minimum absolute atomic E-state index is 0.0915. The molecule has 0 aromatic carbocycles. The van der Waals surface area contributed by atoms with E-state index >= 15 is 0 Å². The molecule has 0 saturated heterocycles. The van der Waals surface area contributed by atoms with Crippen LogP contribution in [0.25, 0.3) is 16.9 Å². The van der Waals surface area contributed by atoms with Gasteiger partial charge >= 0.3 is 5.97 Å². The third kappa shape index (κ3) is 1.83. The van der Waals surface area contributed by atoms with Crippen LogP contribution in [0.3, 0.4) is 0 Å². The average molecular weight is 254 g/mol. The molecule has 0 bridgehead atoms. The molecule has 6 heteroatoms. The molecule has 0 fully saturated rings. The minimum atomic E-state index is -1.04. The molecule has 0 atom stereocenters. The van der Waals surface area contributed by atoms with E-state index in [0.717, 1.165) is 11.3 Å². The number of hydrogen-bond donors (Lipinski definition) is 1. The molecular formula is C13H10N4O2. The second-order valence-electron chi connectivity index (χ2n) is 4.12. The van der Waals surface area contributed by atoms with Gasteiger partial charge in [-0.1, -0.05) is 0 Å². The Hall–Kier alpha value is -2.76. The fraction of sp³-hybridized carbons (Fsp3) is 0.0769. The largest absolute Gasteiger partial charge is 0.477 e. The fourth-order valence-electron chi connectivity index (χ4n) is 1.93. The zero-order valence-corrected chi connectivity index (χ0v) is 10.1. The molecule has 1 N–H and O–H groups in total. The summed E-state index contributed by atoms with van der Waals surface area (Å²) in [5, 5.41) is 13.2. The van der Waals surface area contributed by atoms with E-state index in [9.17, 15) is 4.79 Å². The Kier molecular flexibility index (Phi) is 2.49. The second kappa shape index (κ2) is 4.16. The Balaban J connectivity index is 2.28. The standard InChI is InChI=1S/C13H10N4O2/c1-8-5-11(9-3-2-4-14-6-9)16-12-10(13(18)19)7-15-17(8)12/h2-7H,1H3,(H,18,19). The normalized spacial score (nSPS) is 10.8. The van der Waals surface area contributed by atoms with Crippen molar-refractivity contribution in [1.82, 2.24) is 19.6 Å². The monoisotopic (exact) mass is 254 g/mol. The van der Waals surface area contributed by atoms with Crippen LogP contribution < -0.4 is 0 Å². The first-order valence-electron chi connectivity index (χ1n) is 5.66. The summed E-state index contributed by atoms with van der Waals surface area (Å²) in [4.78, 5) is 19.5. The summed E-state index contributed by atoms with van der Waals surface area (Å²) in [6, 6.07) is 5.54. The van der Waals surface area contributed by atoms with Crippen LogP contribution in [0.4, 0.5) is 0 Å². The van der Waals surface area contributed by atoms with Gasteiger partial charge in [0.25, 0.3) is 0 Å². The van der Waals surface area contributed by atoms with E-state index in [0.29, 0.717) is 11.3 Å². The molecule has 0 unspecified atom stereocenters. The first-order valence-corrected chi connectivity index (χ1v) is 5.66. The van der Waals surface area contributed by atoms with Gasteiger partial charge in [-0.3, -0.25) is 4.98 Å². The Morgan fingerprint density at radius 3 is 2.89 bits per heavy atom. The average Bonchev–Trinajstić information content (AvgIpc) is 2.84. The molecular weight excluding hydrogens is 244 g/mol. The third-order valence-corrected chi connectivity index (χ3v) is 2.84. The topological polar surface area (TPSA) is 80.4 Å². The summed E-state index contributed by atoms with van der Waals surface area (Å²) >= 11 is 0. The molecule has 94 valence electrons. The Morgan fingerprint density at radius 1 is 1.37 bits per heavy atom. The second-order valence-corrected chi connectivity index (χ2v) is 4.12. The molecule has 0 saturated carbocycles. The lowest BCUT2D eigenvalue weighted by Gasteiger charge is -2.04. The molecule has 3 aromatic heterocycles. The number of aryl methyl sites for hydroxylation is 1. The predicted molar refractivity (Wildman–Crippen MR) is 67.9 cm³/mol. The molecule has 3 heterocycles. The van der Waals surface area contributed by atoms with E-state index < -0.39 is 5.97 Å². The van der Waals surface area contributed by atoms with Gasteiger partial charge < -0.3 is 5.11 Å². The highest BCUT2D eigenvalue weighted by molar-refractivity contribution is 5.94. The van der Waals surface area contributed by atoms with E-state index in [4.69, 9.17) is 5.11 Å². The maximum Gasteiger partial charge on any atom is 0.341 e. The number of carboxylic acid groups (broad SMARTS) is 1. The number of fused-ring (bicyclic) bond motifs is 1. The number of carboxylic acids is 1. The SMILES string of the molecule is Cc1cc(-c2cccnc2)nc2c(C(=O)O)cnn12. The Bertz CT molecular complexity index is 765. The lowest BCUT2D eigenvalue weighted by atomic mass is 10.2. The van der Waals surface area contributed by atoms with Crippen LogP contribution in [0, 0.1) is 6.92 Å². The van der Waals surface area contributed by atoms with Gasteiger partial charge in [0.1, 0.15) is 5.56 Å². The van der Waals surface area contributed by atoms with Gasteiger partial charge in [-0.2, -0.15) is 5.10 Å². The van der Waals surface area contributed by atoms with Gasteiger partial charge in [0.05, 0.1) is 11.9 Å². The lowest BCUT2D eigenvalue weighted by Crippen LogP contribution is -2.01. The third-order valence-electron chi connectivity index (χ3n) is 2.84. The number of aromatic nitrogens is 4. The van der Waals surface area contributed by atoms with Crippen molar-refractivity contribution >= 4 is 11.6 Å². The maximum atomic E-state index is 11.1. The zero-order chi connectivity index (χ0) is 13.4. The summed E-state index contributed by atoms with van der Waals surface area (Å²) in [6.45, 7) is 1.85. The predicted octanol–water partition coefficient (Wildman–Crippen LogP) is 1.80. The van der Waals surface area contributed by atoms with Gasteiger partial charge in [-0.05, 0) is 25.1 Å². The van der Waals surface area contributed by atoms with Crippen LogP contribution in [0.15, 0.2) is 36.8 Å². The van der Waals surface area contributed by atoms with Crippen LogP contribution in [0.2, 0.25) is 0 Å². The first-order chi connectivity index (χ1) is 9.16. The van der Waals surface area contributed by atoms with Crippen LogP contribution in [0.1, 0.15) is 16.1 Å². The first kappa shape index (κ1) is 11.3. The Morgan fingerprint density at radius 2 is 2.21 bits per heavy atom. The number of pyridine rings is 1. The molecule has 6 nitrogen and oxygen atoms in total. The molecule has 3 aromatic rings. The molecule has 0 radical (unpaired) electrons. The van der Waals surface area contributed by atoms with E-state index in [-0.39, 0.29) is 5.56 Å². The van der Waals surface area contributed by atoms with Crippen molar-refractivity contribution in [3.8, 4) is 11.3 Å². The smallest absolute Gasteiger partial charge is 0.341 e. The van der Waals surface area contributed by atoms with Crippen LogP contribution in [-0.4, -0.2) is 30.7 Å². The minimum Gasteiger partial charge on any atom is -0.477 e. The highest BCUT2D eigenvalue weighted by Gasteiger charge is 2.15. The number of hydrogen-bond acceptors (Lipinski definition) is 4. The molecule has 0 spiro atoms. The van der Waals surface area contributed by atoms with Crippen LogP contribution >= 0.6 is 0 Å². The van der Waals surface area contributed by atoms with Crippen molar-refractivity contribution in [2.75, 3.05) is 0 Å². The molecule has 3 rings (SSSR count).